The minimum absolute atomic E-state index is 0.00955. The second kappa shape index (κ2) is 14.9. The Morgan fingerprint density at radius 2 is 1.67 bits per heavy atom. The molecule has 2 heterocycles. The number of amides is 1. The molecule has 6 aliphatic carbocycles. The molecule has 4 saturated carbocycles. The van der Waals surface area contributed by atoms with Gasteiger partial charge in [-0.05, 0) is 108 Å². The first-order valence-corrected chi connectivity index (χ1v) is 22.9. The zero-order valence-electron chi connectivity index (χ0n) is 36.6. The third kappa shape index (κ3) is 6.05. The highest BCUT2D eigenvalue weighted by Gasteiger charge is 2.79. The molecule has 1 amide bonds. The molecule has 1 aromatic carbocycles. The molecular formula is C49H69NO11. The zero-order chi connectivity index (χ0) is 43.5. The van der Waals surface area contributed by atoms with Gasteiger partial charge in [0.1, 0.15) is 18.3 Å². The van der Waals surface area contributed by atoms with Crippen molar-refractivity contribution in [3.8, 4) is 0 Å². The van der Waals surface area contributed by atoms with E-state index in [9.17, 15) is 40.2 Å². The van der Waals surface area contributed by atoms with Crippen LogP contribution in [0.4, 0.5) is 0 Å². The van der Waals surface area contributed by atoms with E-state index in [1.807, 2.05) is 30.3 Å². The summed E-state index contributed by atoms with van der Waals surface area (Å²) in [4.78, 5) is 26.4. The Morgan fingerprint density at radius 3 is 2.34 bits per heavy atom. The molecule has 4 bridgehead atoms. The van der Waals surface area contributed by atoms with Crippen molar-refractivity contribution in [2.45, 2.75) is 136 Å². The average Bonchev–Trinajstić information content (AvgIpc) is 3.65. The fourth-order valence-electron chi connectivity index (χ4n) is 15.9. The molecular weight excluding hydrogens is 779 g/mol. The summed E-state index contributed by atoms with van der Waals surface area (Å²) in [6.45, 7) is 11.7. The molecule has 2 saturated heterocycles. The maximum absolute atomic E-state index is 13.4. The summed E-state index contributed by atoms with van der Waals surface area (Å²) >= 11 is 0. The van der Waals surface area contributed by atoms with Crippen molar-refractivity contribution in [1.82, 2.24) is 5.32 Å². The maximum atomic E-state index is 13.4. The van der Waals surface area contributed by atoms with Gasteiger partial charge < -0.3 is 50.2 Å². The average molecular weight is 848 g/mol. The van der Waals surface area contributed by atoms with Crippen LogP contribution in [0.2, 0.25) is 0 Å². The summed E-state index contributed by atoms with van der Waals surface area (Å²) in [5, 5.41) is 69.3. The number of fused-ring (bicyclic) bond motifs is 5. The molecule has 9 rings (SSSR count). The number of hydrogen-bond acceptors (Lipinski definition) is 10. The third-order valence-corrected chi connectivity index (χ3v) is 19.3. The van der Waals surface area contributed by atoms with Crippen LogP contribution in [0.1, 0.15) is 98.0 Å². The highest BCUT2D eigenvalue weighted by atomic mass is 16.7. The summed E-state index contributed by atoms with van der Waals surface area (Å²) in [5.41, 5.74) is -2.02. The van der Waals surface area contributed by atoms with Crippen LogP contribution < -0.4 is 5.32 Å². The predicted octanol–water partition coefficient (Wildman–Crippen LogP) is 4.76. The van der Waals surface area contributed by atoms with E-state index in [2.05, 4.69) is 58.2 Å². The lowest BCUT2D eigenvalue weighted by molar-refractivity contribution is -0.365. The first kappa shape index (κ1) is 43.6. The Hall–Kier alpha value is -2.68. The topological polar surface area (TPSA) is 195 Å². The number of carbonyl (C=O) groups is 2. The Labute approximate surface area is 360 Å². The summed E-state index contributed by atoms with van der Waals surface area (Å²) < 4.78 is 20.3. The van der Waals surface area contributed by atoms with Crippen LogP contribution in [0, 0.1) is 67.5 Å². The number of carboxylic acid groups (broad SMARTS) is 1. The Balaban J connectivity index is 1.22. The first-order chi connectivity index (χ1) is 28.9. The summed E-state index contributed by atoms with van der Waals surface area (Å²) in [5.74, 6) is -1.09. The van der Waals surface area contributed by atoms with E-state index in [-0.39, 0.29) is 78.2 Å². The van der Waals surface area contributed by atoms with Crippen LogP contribution in [0.15, 0.2) is 54.1 Å². The minimum atomic E-state index is -1.55. The summed E-state index contributed by atoms with van der Waals surface area (Å²) in [6.07, 6.45) is 5.54. The van der Waals surface area contributed by atoms with E-state index in [0.29, 0.717) is 51.5 Å². The molecule has 0 spiro atoms. The SMILES string of the molecule is CC1(CO)CCC2(C(=O)O)CCC3(C)C(=CCC4C3(C)CC3C=CC5(CC6CNC(=O)C6)C(OCc6ccccc6)C(OC6OCC(O)C(O)C6O)C(C)(CO)C3C45C)C2C1. The van der Waals surface area contributed by atoms with Crippen LogP contribution in [0.5, 0.6) is 0 Å². The van der Waals surface area contributed by atoms with Gasteiger partial charge in [0.15, 0.2) is 6.29 Å². The Kier molecular flexibility index (Phi) is 10.7. The lowest BCUT2D eigenvalue weighted by Crippen LogP contribution is -2.78. The van der Waals surface area contributed by atoms with Gasteiger partial charge in [-0.15, -0.1) is 0 Å². The molecule has 6 fully saturated rings. The van der Waals surface area contributed by atoms with Gasteiger partial charge in [-0.25, -0.2) is 0 Å². The second-order valence-electron chi connectivity index (χ2n) is 22.2. The highest BCUT2D eigenvalue weighted by molar-refractivity contribution is 5.78. The third-order valence-electron chi connectivity index (χ3n) is 19.3. The van der Waals surface area contributed by atoms with Crippen molar-refractivity contribution in [3.63, 3.8) is 0 Å². The normalized spacial score (nSPS) is 51.1. The van der Waals surface area contributed by atoms with E-state index >= 15 is 0 Å². The number of ether oxygens (including phenoxy) is 3. The van der Waals surface area contributed by atoms with Crippen molar-refractivity contribution in [1.29, 1.82) is 0 Å². The lowest BCUT2D eigenvalue weighted by Gasteiger charge is -2.79. The number of benzene rings is 1. The number of allylic oxidation sites excluding steroid dienone is 3. The zero-order valence-corrected chi connectivity index (χ0v) is 36.6. The van der Waals surface area contributed by atoms with Gasteiger partial charge >= 0.3 is 5.97 Å². The number of rotatable bonds is 10. The van der Waals surface area contributed by atoms with Crippen LogP contribution in [-0.2, 0) is 30.4 Å². The fraction of sp³-hybridized carbons (Fsp3) is 0.755. The van der Waals surface area contributed by atoms with Crippen molar-refractivity contribution < 1.29 is 54.4 Å². The van der Waals surface area contributed by atoms with Gasteiger partial charge in [0, 0.05) is 30.4 Å². The van der Waals surface area contributed by atoms with Crippen LogP contribution in [-0.4, -0.2) is 106 Å². The monoisotopic (exact) mass is 847 g/mol. The van der Waals surface area contributed by atoms with Gasteiger partial charge in [0.05, 0.1) is 37.4 Å². The van der Waals surface area contributed by atoms with Crippen molar-refractivity contribution in [3.05, 3.63) is 59.7 Å². The second-order valence-corrected chi connectivity index (χ2v) is 22.2. The predicted molar refractivity (Wildman–Crippen MR) is 224 cm³/mol. The standard InChI is InChI=1S/C49H69NO11/c1-43(26-51)15-17-48(42(57)58)18-16-45(3)31(32(48)22-43)11-12-34-46(45,4)21-30-13-14-49(20-29-19-35(54)50-23-29)40(59-24-28-9-7-6-8-10-28)39(44(2,27-52)38(30)47(34,49)5)61-41-37(56)36(55)33(53)25-60-41/h6-11,13-14,29-30,32-34,36-41,51-53,55-56H,12,15-27H2,1-5H3,(H,50,54)(H,57,58). The molecule has 12 nitrogen and oxygen atoms in total. The van der Waals surface area contributed by atoms with Crippen LogP contribution in [0.25, 0.3) is 0 Å². The van der Waals surface area contributed by atoms with Crippen LogP contribution in [0.3, 0.4) is 0 Å². The number of carbonyl (C=O) groups excluding carboxylic acids is 1. The van der Waals surface area contributed by atoms with E-state index in [1.54, 1.807) is 0 Å². The molecule has 1 aromatic rings. The van der Waals surface area contributed by atoms with Crippen molar-refractivity contribution >= 4 is 11.9 Å². The summed E-state index contributed by atoms with van der Waals surface area (Å²) in [6, 6.07) is 9.92. The van der Waals surface area contributed by atoms with Crippen molar-refractivity contribution in [2.75, 3.05) is 26.4 Å². The molecule has 8 aliphatic rings. The fourth-order valence-corrected chi connectivity index (χ4v) is 15.9. The number of carboxylic acids is 1. The first-order valence-electron chi connectivity index (χ1n) is 22.9. The quantitative estimate of drug-likeness (QED) is 0.127. The lowest BCUT2D eigenvalue weighted by atomic mass is 9.26. The highest BCUT2D eigenvalue weighted by Crippen LogP contribution is 2.82. The molecule has 336 valence electrons. The maximum Gasteiger partial charge on any atom is 0.310 e. The van der Waals surface area contributed by atoms with E-state index < -0.39 is 64.4 Å². The number of aliphatic carboxylic acids is 1. The van der Waals surface area contributed by atoms with E-state index in [4.69, 9.17) is 14.2 Å². The van der Waals surface area contributed by atoms with Gasteiger partial charge in [0.25, 0.3) is 0 Å². The van der Waals surface area contributed by atoms with Gasteiger partial charge in [-0.3, -0.25) is 9.59 Å². The summed E-state index contributed by atoms with van der Waals surface area (Å²) in [7, 11) is 0. The number of nitrogens with one attached hydrogen (secondary N) is 1. The number of aliphatic hydroxyl groups excluding tert-OH is 5. The van der Waals surface area contributed by atoms with E-state index in [1.165, 1.54) is 5.57 Å². The van der Waals surface area contributed by atoms with E-state index in [0.717, 1.165) is 18.4 Å². The Bertz CT molecular complexity index is 1940. The molecule has 18 atom stereocenters. The minimum Gasteiger partial charge on any atom is -0.481 e. The van der Waals surface area contributed by atoms with Crippen molar-refractivity contribution in [2.24, 2.45) is 67.5 Å². The molecule has 12 heteroatoms. The molecule has 0 aromatic heterocycles. The number of aliphatic hydroxyl groups is 5. The number of hydrogen-bond donors (Lipinski definition) is 7. The molecule has 0 radical (unpaired) electrons. The molecule has 2 aliphatic heterocycles. The van der Waals surface area contributed by atoms with Gasteiger partial charge in [-0.1, -0.05) is 88.8 Å². The van der Waals surface area contributed by atoms with Crippen LogP contribution >= 0.6 is 0 Å². The molecule has 7 N–H and O–H groups in total. The smallest absolute Gasteiger partial charge is 0.310 e. The van der Waals surface area contributed by atoms with Gasteiger partial charge in [-0.2, -0.15) is 0 Å². The molecule has 18 unspecified atom stereocenters. The Morgan fingerprint density at radius 1 is 0.934 bits per heavy atom. The van der Waals surface area contributed by atoms with Gasteiger partial charge in [0.2, 0.25) is 5.91 Å². The largest absolute Gasteiger partial charge is 0.481 e. The molecule has 61 heavy (non-hydrogen) atoms.